The van der Waals surface area contributed by atoms with Crippen molar-refractivity contribution in [1.82, 2.24) is 0 Å². The highest BCUT2D eigenvalue weighted by Crippen LogP contribution is 2.44. The van der Waals surface area contributed by atoms with E-state index in [1.54, 1.807) is 0 Å². The molecule has 0 aromatic heterocycles. The molecule has 0 bridgehead atoms. The molecule has 2 fully saturated rings. The van der Waals surface area contributed by atoms with Crippen LogP contribution < -0.4 is 4.74 Å². The van der Waals surface area contributed by atoms with Gasteiger partial charge in [-0.25, -0.2) is 0 Å². The molecule has 0 heterocycles. The highest BCUT2D eigenvalue weighted by atomic mass is 19.4. The predicted octanol–water partition coefficient (Wildman–Crippen LogP) is 7.47. The van der Waals surface area contributed by atoms with E-state index in [0.29, 0.717) is 5.92 Å². The molecule has 1 nitrogen and oxygen atoms in total. The Morgan fingerprint density at radius 1 is 0.846 bits per heavy atom. The van der Waals surface area contributed by atoms with Crippen LogP contribution in [0.3, 0.4) is 0 Å². The zero-order valence-electron chi connectivity index (χ0n) is 15.7. The van der Waals surface area contributed by atoms with Crippen LogP contribution in [0.2, 0.25) is 0 Å². The summed E-state index contributed by atoms with van der Waals surface area (Å²) in [5.74, 6) is 3.10. The van der Waals surface area contributed by atoms with Crippen molar-refractivity contribution in [2.75, 3.05) is 0 Å². The monoisotopic (exact) mass is 368 g/mol. The van der Waals surface area contributed by atoms with Crippen LogP contribution in [0.4, 0.5) is 13.2 Å². The fraction of sp³-hybridized carbons (Fsp3) is 0.727. The first kappa shape index (κ1) is 19.6. The van der Waals surface area contributed by atoms with Crippen molar-refractivity contribution < 1.29 is 17.9 Å². The molecule has 3 rings (SSSR count). The number of hydrogen-bond acceptors (Lipinski definition) is 1. The lowest BCUT2D eigenvalue weighted by molar-refractivity contribution is -0.274. The second kappa shape index (κ2) is 8.67. The summed E-state index contributed by atoms with van der Waals surface area (Å²) >= 11 is 0. The third-order valence-corrected chi connectivity index (χ3v) is 6.61. The number of benzene rings is 1. The fourth-order valence-corrected chi connectivity index (χ4v) is 5.22. The Bertz CT molecular complexity index is 536. The molecule has 0 unspecified atom stereocenters. The van der Waals surface area contributed by atoms with E-state index in [2.05, 4.69) is 11.7 Å². The molecule has 0 amide bonds. The molecule has 146 valence electrons. The predicted molar refractivity (Wildman–Crippen MR) is 98.2 cm³/mol. The molecule has 26 heavy (non-hydrogen) atoms. The molecule has 2 aliphatic rings. The third kappa shape index (κ3) is 5.40. The Morgan fingerprint density at radius 2 is 1.38 bits per heavy atom. The summed E-state index contributed by atoms with van der Waals surface area (Å²) in [7, 11) is 0. The summed E-state index contributed by atoms with van der Waals surface area (Å²) < 4.78 is 40.8. The maximum atomic E-state index is 12.3. The lowest BCUT2D eigenvalue weighted by Crippen LogP contribution is -2.25. The Balaban J connectivity index is 1.46. The van der Waals surface area contributed by atoms with Gasteiger partial charge in [0.15, 0.2) is 0 Å². The Labute approximate surface area is 155 Å². The quantitative estimate of drug-likeness (QED) is 0.524. The SMILES string of the molecule is CCC[C@H]1CC[C@H]([C@H]2CC[C@H](c3ccc(OC(F)(F)F)cc3)CC2)CC1. The number of alkyl halides is 3. The first-order valence-corrected chi connectivity index (χ1v) is 10.3. The van der Waals surface area contributed by atoms with E-state index in [4.69, 9.17) is 0 Å². The summed E-state index contributed by atoms with van der Waals surface area (Å²) in [5, 5.41) is 0. The summed E-state index contributed by atoms with van der Waals surface area (Å²) in [5.41, 5.74) is 1.16. The van der Waals surface area contributed by atoms with Crippen LogP contribution in [-0.2, 0) is 0 Å². The van der Waals surface area contributed by atoms with Crippen LogP contribution in [0.1, 0.15) is 82.6 Å². The minimum absolute atomic E-state index is 0.126. The number of rotatable bonds is 5. The minimum Gasteiger partial charge on any atom is -0.406 e. The van der Waals surface area contributed by atoms with Gasteiger partial charge in [-0.05, 0) is 79.9 Å². The van der Waals surface area contributed by atoms with Gasteiger partial charge in [0, 0.05) is 0 Å². The molecule has 2 aliphatic carbocycles. The largest absolute Gasteiger partial charge is 0.573 e. The van der Waals surface area contributed by atoms with Crippen molar-refractivity contribution in [3.63, 3.8) is 0 Å². The van der Waals surface area contributed by atoms with E-state index in [1.165, 1.54) is 76.3 Å². The van der Waals surface area contributed by atoms with Crippen LogP contribution in [0.5, 0.6) is 5.75 Å². The van der Waals surface area contributed by atoms with E-state index in [0.717, 1.165) is 23.3 Å². The maximum Gasteiger partial charge on any atom is 0.573 e. The normalized spacial score (nSPS) is 30.2. The fourth-order valence-electron chi connectivity index (χ4n) is 5.22. The second-order valence-corrected chi connectivity index (χ2v) is 8.30. The van der Waals surface area contributed by atoms with Gasteiger partial charge in [-0.1, -0.05) is 44.7 Å². The average Bonchev–Trinajstić information content (AvgIpc) is 2.62. The summed E-state index contributed by atoms with van der Waals surface area (Å²) in [6.45, 7) is 2.29. The van der Waals surface area contributed by atoms with Gasteiger partial charge in [-0.15, -0.1) is 13.2 Å². The molecule has 0 atom stereocenters. The van der Waals surface area contributed by atoms with Gasteiger partial charge in [0.1, 0.15) is 5.75 Å². The summed E-state index contributed by atoms with van der Waals surface area (Å²) in [6, 6.07) is 6.51. The highest BCUT2D eigenvalue weighted by molar-refractivity contribution is 5.29. The van der Waals surface area contributed by atoms with Gasteiger partial charge in [-0.3, -0.25) is 0 Å². The van der Waals surface area contributed by atoms with Gasteiger partial charge < -0.3 is 4.74 Å². The minimum atomic E-state index is -4.62. The van der Waals surface area contributed by atoms with Gasteiger partial charge in [0.2, 0.25) is 0 Å². The molecule has 2 saturated carbocycles. The number of ether oxygens (including phenoxy) is 1. The first-order valence-electron chi connectivity index (χ1n) is 10.3. The van der Waals surface area contributed by atoms with E-state index in [-0.39, 0.29) is 5.75 Å². The third-order valence-electron chi connectivity index (χ3n) is 6.61. The molecule has 0 spiro atoms. The Morgan fingerprint density at radius 3 is 1.88 bits per heavy atom. The maximum absolute atomic E-state index is 12.3. The van der Waals surface area contributed by atoms with Crippen LogP contribution in [0.15, 0.2) is 24.3 Å². The molecule has 0 saturated heterocycles. The molecule has 0 radical (unpaired) electrons. The van der Waals surface area contributed by atoms with Gasteiger partial charge in [-0.2, -0.15) is 0 Å². The van der Waals surface area contributed by atoms with Crippen LogP contribution in [-0.4, -0.2) is 6.36 Å². The molecule has 1 aromatic carbocycles. The smallest absolute Gasteiger partial charge is 0.406 e. The van der Waals surface area contributed by atoms with Crippen molar-refractivity contribution >= 4 is 0 Å². The average molecular weight is 368 g/mol. The zero-order valence-corrected chi connectivity index (χ0v) is 15.7. The topological polar surface area (TPSA) is 9.23 Å². The van der Waals surface area contributed by atoms with E-state index in [1.807, 2.05) is 12.1 Å². The molecule has 1 aromatic rings. The Hall–Kier alpha value is -1.19. The number of halogens is 3. The van der Waals surface area contributed by atoms with Gasteiger partial charge in [0.05, 0.1) is 0 Å². The zero-order chi connectivity index (χ0) is 18.6. The highest BCUT2D eigenvalue weighted by Gasteiger charge is 2.32. The molecular formula is C22H31F3O. The summed E-state index contributed by atoms with van der Waals surface area (Å²) in [4.78, 5) is 0. The van der Waals surface area contributed by atoms with E-state index < -0.39 is 6.36 Å². The lowest BCUT2D eigenvalue weighted by Gasteiger charge is -2.38. The van der Waals surface area contributed by atoms with Crippen molar-refractivity contribution in [3.8, 4) is 5.75 Å². The molecule has 0 N–H and O–H groups in total. The number of hydrogen-bond donors (Lipinski definition) is 0. The van der Waals surface area contributed by atoms with E-state index in [9.17, 15) is 13.2 Å². The second-order valence-electron chi connectivity index (χ2n) is 8.30. The van der Waals surface area contributed by atoms with Crippen molar-refractivity contribution in [3.05, 3.63) is 29.8 Å². The molecular weight excluding hydrogens is 337 g/mol. The van der Waals surface area contributed by atoms with E-state index >= 15 is 0 Å². The van der Waals surface area contributed by atoms with Crippen LogP contribution in [0.25, 0.3) is 0 Å². The van der Waals surface area contributed by atoms with Crippen molar-refractivity contribution in [2.45, 2.75) is 83.4 Å². The van der Waals surface area contributed by atoms with Gasteiger partial charge in [0.25, 0.3) is 0 Å². The first-order chi connectivity index (χ1) is 12.4. The van der Waals surface area contributed by atoms with Gasteiger partial charge >= 0.3 is 6.36 Å². The molecule has 4 heteroatoms. The lowest BCUT2D eigenvalue weighted by atomic mass is 9.68. The Kier molecular flexibility index (Phi) is 6.52. The van der Waals surface area contributed by atoms with Crippen LogP contribution >= 0.6 is 0 Å². The van der Waals surface area contributed by atoms with Crippen LogP contribution in [0, 0.1) is 17.8 Å². The molecule has 0 aliphatic heterocycles. The van der Waals surface area contributed by atoms with Crippen molar-refractivity contribution in [2.24, 2.45) is 17.8 Å². The standard InChI is InChI=1S/C22H31F3O/c1-2-3-16-4-6-17(7-5-16)18-8-10-19(11-9-18)20-12-14-21(15-13-20)26-22(23,24)25/h12-19H,2-11H2,1H3/t16-,17-,18-,19-. The van der Waals surface area contributed by atoms with Crippen molar-refractivity contribution in [1.29, 1.82) is 0 Å². The summed E-state index contributed by atoms with van der Waals surface area (Å²) in [6.07, 6.45) is 8.61.